The van der Waals surface area contributed by atoms with Crippen LogP contribution in [0.3, 0.4) is 0 Å². The smallest absolute Gasteiger partial charge is 0.119 e. The van der Waals surface area contributed by atoms with Gasteiger partial charge in [0, 0.05) is 18.9 Å². The van der Waals surface area contributed by atoms with E-state index in [4.69, 9.17) is 4.74 Å². The lowest BCUT2D eigenvalue weighted by Crippen LogP contribution is -2.40. The van der Waals surface area contributed by atoms with Gasteiger partial charge in [0.15, 0.2) is 0 Å². The van der Waals surface area contributed by atoms with E-state index in [1.807, 2.05) is 36.5 Å². The van der Waals surface area contributed by atoms with E-state index >= 15 is 0 Å². The molecule has 0 aliphatic carbocycles. The molecule has 5 heteroatoms. The molecule has 1 saturated heterocycles. The highest BCUT2D eigenvalue weighted by atomic mass is 16.5. The second-order valence-corrected chi connectivity index (χ2v) is 6.39. The van der Waals surface area contributed by atoms with Crippen LogP contribution in [0.4, 0.5) is 0 Å². The molecule has 1 aliphatic rings. The molecular weight excluding hydrogens is 290 g/mol. The molecule has 23 heavy (non-hydrogen) atoms. The van der Waals surface area contributed by atoms with Gasteiger partial charge in [-0.2, -0.15) is 5.10 Å². The Bertz CT molecular complexity index is 575. The number of nitrogens with zero attached hydrogens (tertiary/aromatic N) is 3. The van der Waals surface area contributed by atoms with Crippen LogP contribution < -0.4 is 4.74 Å². The first-order valence-electron chi connectivity index (χ1n) is 8.34. The maximum atomic E-state index is 10.2. The molecule has 124 valence electrons. The van der Waals surface area contributed by atoms with E-state index in [0.717, 1.165) is 30.4 Å². The molecule has 1 fully saturated rings. The van der Waals surface area contributed by atoms with Crippen molar-refractivity contribution >= 4 is 0 Å². The minimum absolute atomic E-state index is 0.327. The summed E-state index contributed by atoms with van der Waals surface area (Å²) in [5.74, 6) is 1.58. The van der Waals surface area contributed by atoms with Crippen molar-refractivity contribution in [2.75, 3.05) is 26.2 Å². The third-order valence-electron chi connectivity index (χ3n) is 4.39. The number of piperidine rings is 1. The Hall–Kier alpha value is -1.85. The van der Waals surface area contributed by atoms with Crippen molar-refractivity contribution < 1.29 is 9.84 Å². The van der Waals surface area contributed by atoms with Crippen LogP contribution in [0.2, 0.25) is 0 Å². The third-order valence-corrected chi connectivity index (χ3v) is 4.39. The topological polar surface area (TPSA) is 50.5 Å². The number of hydrogen-bond acceptors (Lipinski definition) is 4. The summed E-state index contributed by atoms with van der Waals surface area (Å²) in [4.78, 5) is 2.33. The number of benzene rings is 1. The normalized spacial score (nSPS) is 18.0. The molecule has 0 spiro atoms. The van der Waals surface area contributed by atoms with E-state index in [9.17, 15) is 5.11 Å². The molecule has 2 aromatic rings. The molecule has 5 nitrogen and oxygen atoms in total. The molecule has 0 amide bonds. The third kappa shape index (κ3) is 4.56. The molecule has 0 bridgehead atoms. The predicted octanol–water partition coefficient (Wildman–Crippen LogP) is 2.34. The average molecular weight is 315 g/mol. The lowest BCUT2D eigenvalue weighted by atomic mass is 9.99. The van der Waals surface area contributed by atoms with E-state index in [2.05, 4.69) is 16.9 Å². The van der Waals surface area contributed by atoms with Crippen LogP contribution in [0.1, 0.15) is 19.8 Å². The summed E-state index contributed by atoms with van der Waals surface area (Å²) in [6.45, 7) is 5.47. The molecule has 1 atom stereocenters. The predicted molar refractivity (Wildman–Crippen MR) is 89.9 cm³/mol. The summed E-state index contributed by atoms with van der Waals surface area (Å²) < 4.78 is 7.50. The molecule has 3 rings (SSSR count). The number of aliphatic hydroxyl groups is 1. The van der Waals surface area contributed by atoms with Crippen LogP contribution in [0, 0.1) is 5.92 Å². The van der Waals surface area contributed by atoms with Gasteiger partial charge in [0.2, 0.25) is 0 Å². The minimum Gasteiger partial charge on any atom is -0.491 e. The number of aliphatic hydroxyl groups excluding tert-OH is 1. The highest BCUT2D eigenvalue weighted by molar-refractivity contribution is 5.36. The van der Waals surface area contributed by atoms with Crippen molar-refractivity contribution in [1.82, 2.24) is 14.7 Å². The molecule has 0 radical (unpaired) electrons. The molecule has 0 saturated carbocycles. The maximum Gasteiger partial charge on any atom is 0.119 e. The molecule has 2 heterocycles. The molecule has 1 aromatic carbocycles. The summed E-state index contributed by atoms with van der Waals surface area (Å²) in [6, 6.07) is 9.63. The first-order chi connectivity index (χ1) is 11.2. The number of ether oxygens (including phenoxy) is 1. The quantitative estimate of drug-likeness (QED) is 0.889. The van der Waals surface area contributed by atoms with E-state index < -0.39 is 6.10 Å². The summed E-state index contributed by atoms with van der Waals surface area (Å²) >= 11 is 0. The molecular formula is C18H25N3O2. The van der Waals surface area contributed by atoms with Crippen LogP contribution in [0.25, 0.3) is 5.69 Å². The van der Waals surface area contributed by atoms with Gasteiger partial charge in [-0.05, 0) is 62.2 Å². The first-order valence-corrected chi connectivity index (χ1v) is 8.34. The van der Waals surface area contributed by atoms with Gasteiger partial charge in [0.1, 0.15) is 18.5 Å². The van der Waals surface area contributed by atoms with Crippen molar-refractivity contribution in [2.24, 2.45) is 5.92 Å². The van der Waals surface area contributed by atoms with E-state index in [1.165, 1.54) is 12.8 Å². The van der Waals surface area contributed by atoms with Gasteiger partial charge in [0.05, 0.1) is 5.69 Å². The summed E-state index contributed by atoms with van der Waals surface area (Å²) in [7, 11) is 0. The van der Waals surface area contributed by atoms with Crippen LogP contribution in [0.15, 0.2) is 42.7 Å². The number of aromatic nitrogens is 2. The van der Waals surface area contributed by atoms with Crippen LogP contribution >= 0.6 is 0 Å². The summed E-state index contributed by atoms with van der Waals surface area (Å²) in [5.41, 5.74) is 0.991. The second kappa shape index (κ2) is 7.62. The fourth-order valence-corrected chi connectivity index (χ4v) is 2.90. The number of rotatable bonds is 6. The minimum atomic E-state index is -0.450. The van der Waals surface area contributed by atoms with Gasteiger partial charge >= 0.3 is 0 Å². The Morgan fingerprint density at radius 1 is 1.26 bits per heavy atom. The van der Waals surface area contributed by atoms with Crippen LogP contribution in [-0.4, -0.2) is 52.1 Å². The van der Waals surface area contributed by atoms with E-state index in [0.29, 0.717) is 13.2 Å². The molecule has 1 aromatic heterocycles. The van der Waals surface area contributed by atoms with Crippen LogP contribution in [0.5, 0.6) is 5.75 Å². The fourth-order valence-electron chi connectivity index (χ4n) is 2.90. The maximum absolute atomic E-state index is 10.2. The van der Waals surface area contributed by atoms with Crippen molar-refractivity contribution in [3.05, 3.63) is 42.7 Å². The van der Waals surface area contributed by atoms with Gasteiger partial charge in [0.25, 0.3) is 0 Å². The Morgan fingerprint density at radius 2 is 2.00 bits per heavy atom. The van der Waals surface area contributed by atoms with Crippen molar-refractivity contribution in [3.63, 3.8) is 0 Å². The highest BCUT2D eigenvalue weighted by Crippen LogP contribution is 2.17. The monoisotopic (exact) mass is 315 g/mol. The van der Waals surface area contributed by atoms with Gasteiger partial charge in [-0.15, -0.1) is 0 Å². The van der Waals surface area contributed by atoms with Crippen LogP contribution in [-0.2, 0) is 0 Å². The molecule has 1 N–H and O–H groups in total. The average Bonchev–Trinajstić information content (AvgIpc) is 3.10. The van der Waals surface area contributed by atoms with Gasteiger partial charge in [-0.1, -0.05) is 6.92 Å². The number of hydrogen-bond donors (Lipinski definition) is 1. The number of likely N-dealkylation sites (tertiary alicyclic amines) is 1. The standard InChI is InChI=1S/C18H25N3O2/c1-15-7-11-20(12-8-15)13-17(22)14-23-18-5-3-16(4-6-18)21-10-2-9-19-21/h2-6,9-10,15,17,22H,7-8,11-14H2,1H3. The Labute approximate surface area is 137 Å². The first kappa shape index (κ1) is 16.0. The molecule has 1 unspecified atom stereocenters. The largest absolute Gasteiger partial charge is 0.491 e. The van der Waals surface area contributed by atoms with Crippen molar-refractivity contribution in [1.29, 1.82) is 0 Å². The van der Waals surface area contributed by atoms with E-state index in [-0.39, 0.29) is 0 Å². The van der Waals surface area contributed by atoms with Gasteiger partial charge in [-0.3, -0.25) is 0 Å². The lowest BCUT2D eigenvalue weighted by molar-refractivity contribution is 0.0563. The van der Waals surface area contributed by atoms with Gasteiger partial charge in [-0.25, -0.2) is 4.68 Å². The lowest BCUT2D eigenvalue weighted by Gasteiger charge is -2.31. The van der Waals surface area contributed by atoms with Crippen molar-refractivity contribution in [2.45, 2.75) is 25.9 Å². The fraction of sp³-hybridized carbons (Fsp3) is 0.500. The highest BCUT2D eigenvalue weighted by Gasteiger charge is 2.18. The Morgan fingerprint density at radius 3 is 2.65 bits per heavy atom. The zero-order chi connectivity index (χ0) is 16.1. The van der Waals surface area contributed by atoms with Crippen molar-refractivity contribution in [3.8, 4) is 11.4 Å². The Kier molecular flexibility index (Phi) is 5.31. The summed E-state index contributed by atoms with van der Waals surface area (Å²) in [6.07, 6.45) is 5.65. The second-order valence-electron chi connectivity index (χ2n) is 6.39. The van der Waals surface area contributed by atoms with Gasteiger partial charge < -0.3 is 14.7 Å². The number of β-amino-alcohol motifs (C(OH)–C–C–N with tert-alkyl or cyclic N) is 1. The molecule has 1 aliphatic heterocycles. The SMILES string of the molecule is CC1CCN(CC(O)COc2ccc(-n3cccn3)cc2)CC1. The Balaban J connectivity index is 1.44. The zero-order valence-electron chi connectivity index (χ0n) is 13.6. The summed E-state index contributed by atoms with van der Waals surface area (Å²) in [5, 5.41) is 14.3. The van der Waals surface area contributed by atoms with E-state index in [1.54, 1.807) is 10.9 Å². The zero-order valence-corrected chi connectivity index (χ0v) is 13.6.